The van der Waals surface area contributed by atoms with E-state index in [-0.39, 0.29) is 10.6 Å². The summed E-state index contributed by atoms with van der Waals surface area (Å²) in [6, 6.07) is 22.4. The highest BCUT2D eigenvalue weighted by Crippen LogP contribution is 2.26. The number of hydrogen-bond acceptors (Lipinski definition) is 8. The molecule has 1 amide bonds. The number of rotatable bonds is 10. The van der Waals surface area contributed by atoms with Gasteiger partial charge in [-0.25, -0.2) is 13.8 Å². The Morgan fingerprint density at radius 1 is 1.03 bits per heavy atom. The molecule has 0 spiro atoms. The van der Waals surface area contributed by atoms with E-state index in [0.717, 1.165) is 14.8 Å². The first-order valence-corrected chi connectivity index (χ1v) is 14.2. The van der Waals surface area contributed by atoms with E-state index in [2.05, 4.69) is 10.5 Å². The van der Waals surface area contributed by atoms with Crippen molar-refractivity contribution in [2.45, 2.75) is 16.7 Å². The molecule has 200 valence electrons. The van der Waals surface area contributed by atoms with Crippen LogP contribution in [0.5, 0.6) is 0 Å². The van der Waals surface area contributed by atoms with Crippen LogP contribution < -0.4 is 9.73 Å². The second kappa shape index (κ2) is 12.0. The number of aryl methyl sites for hydroxylation is 1. The van der Waals surface area contributed by atoms with Crippen LogP contribution in [0.4, 0.5) is 11.4 Å². The number of anilines is 1. The van der Waals surface area contributed by atoms with Crippen molar-refractivity contribution in [1.82, 2.24) is 5.43 Å². The number of hydrazone groups is 1. The minimum absolute atomic E-state index is 0.0338. The van der Waals surface area contributed by atoms with E-state index < -0.39 is 27.4 Å². The quantitative estimate of drug-likeness (QED) is 0.121. The van der Waals surface area contributed by atoms with Crippen LogP contribution in [0.2, 0.25) is 0 Å². The Kier molecular flexibility index (Phi) is 8.47. The number of nitro benzene ring substituents is 1. The fraction of sp³-hybridized carbons (Fsp3) is 0.111. The van der Waals surface area contributed by atoms with Crippen LogP contribution in [-0.4, -0.2) is 38.3 Å². The van der Waals surface area contributed by atoms with Crippen molar-refractivity contribution in [3.8, 4) is 11.3 Å². The number of carbonyl (C=O) groups excluding carboxylic acids is 1. The lowest BCUT2D eigenvalue weighted by Gasteiger charge is -2.24. The number of nitrogens with one attached hydrogen (secondary N) is 1. The molecule has 0 saturated heterocycles. The maximum atomic E-state index is 13.5. The summed E-state index contributed by atoms with van der Waals surface area (Å²) in [6.45, 7) is 1.38. The first kappa shape index (κ1) is 27.6. The third-order valence-corrected chi connectivity index (χ3v) is 8.16. The molecule has 1 heterocycles. The minimum Gasteiger partial charge on any atom is -0.455 e. The van der Waals surface area contributed by atoms with Gasteiger partial charge in [0.15, 0.2) is 0 Å². The van der Waals surface area contributed by atoms with Gasteiger partial charge in [-0.3, -0.25) is 19.2 Å². The largest absolute Gasteiger partial charge is 0.455 e. The fourth-order valence-electron chi connectivity index (χ4n) is 3.56. The molecule has 0 unspecified atom stereocenters. The molecule has 4 rings (SSSR count). The van der Waals surface area contributed by atoms with Crippen LogP contribution in [0.15, 0.2) is 104 Å². The number of amides is 1. The Labute approximate surface area is 229 Å². The molecular weight excluding hydrogens is 540 g/mol. The fourth-order valence-corrected chi connectivity index (χ4v) is 5.39. The molecule has 0 aliphatic carbocycles. The van der Waals surface area contributed by atoms with E-state index in [1.54, 1.807) is 60.7 Å². The number of nitrogens with zero attached hydrogens (tertiary/aromatic N) is 3. The molecule has 12 heteroatoms. The maximum absolute atomic E-state index is 13.5. The second-order valence-corrected chi connectivity index (χ2v) is 11.1. The van der Waals surface area contributed by atoms with Gasteiger partial charge in [0.05, 0.1) is 21.7 Å². The average Bonchev–Trinajstić information content (AvgIpc) is 3.41. The molecule has 0 radical (unpaired) electrons. The molecule has 39 heavy (non-hydrogen) atoms. The highest BCUT2D eigenvalue weighted by molar-refractivity contribution is 7.98. The molecule has 1 aromatic heterocycles. The Morgan fingerprint density at radius 2 is 1.69 bits per heavy atom. The lowest BCUT2D eigenvalue weighted by molar-refractivity contribution is -0.384. The predicted octanol–water partition coefficient (Wildman–Crippen LogP) is 5.23. The topological polar surface area (TPSA) is 135 Å². The molecule has 0 bridgehead atoms. The summed E-state index contributed by atoms with van der Waals surface area (Å²) in [6.07, 6.45) is 3.17. The highest BCUT2D eigenvalue weighted by Gasteiger charge is 2.27. The molecule has 0 aliphatic heterocycles. The Balaban J connectivity index is 1.48. The van der Waals surface area contributed by atoms with E-state index in [0.29, 0.717) is 22.8 Å². The van der Waals surface area contributed by atoms with Gasteiger partial charge >= 0.3 is 0 Å². The van der Waals surface area contributed by atoms with Gasteiger partial charge in [0.1, 0.15) is 18.1 Å². The molecule has 0 aliphatic rings. The monoisotopic (exact) mass is 564 g/mol. The van der Waals surface area contributed by atoms with E-state index >= 15 is 0 Å². The third-order valence-electron chi connectivity index (χ3n) is 5.63. The first-order chi connectivity index (χ1) is 18.7. The highest BCUT2D eigenvalue weighted by atomic mass is 32.2. The van der Waals surface area contributed by atoms with Crippen molar-refractivity contribution in [3.63, 3.8) is 0 Å². The standard InChI is InChI=1S/C27H24N4O6S2/c1-19-3-7-21(8-4-19)30(39(35,36)25-14-12-24(38-2)13-15-25)18-27(32)29-28-17-23-11-16-26(37-23)20-5-9-22(10-6-20)31(33)34/h3-17H,18H2,1-2H3,(H,29,32)/b28-17-. The summed E-state index contributed by atoms with van der Waals surface area (Å²) in [7, 11) is -4.05. The summed E-state index contributed by atoms with van der Waals surface area (Å²) in [4.78, 5) is 24.1. The Bertz CT molecular complexity index is 1600. The summed E-state index contributed by atoms with van der Waals surface area (Å²) in [5.74, 6) is 0.126. The summed E-state index contributed by atoms with van der Waals surface area (Å²) < 4.78 is 33.7. The predicted molar refractivity (Wildman–Crippen MR) is 150 cm³/mol. The van der Waals surface area contributed by atoms with E-state index in [1.165, 1.54) is 42.2 Å². The van der Waals surface area contributed by atoms with Crippen LogP contribution in [0.25, 0.3) is 11.3 Å². The van der Waals surface area contributed by atoms with Crippen LogP contribution >= 0.6 is 11.8 Å². The molecule has 0 fully saturated rings. The van der Waals surface area contributed by atoms with Gasteiger partial charge in [0.2, 0.25) is 0 Å². The van der Waals surface area contributed by atoms with Crippen molar-refractivity contribution in [3.05, 3.63) is 106 Å². The Morgan fingerprint density at radius 3 is 2.31 bits per heavy atom. The van der Waals surface area contributed by atoms with Crippen molar-refractivity contribution >= 4 is 45.3 Å². The zero-order valence-electron chi connectivity index (χ0n) is 21.0. The number of non-ortho nitro benzene ring substituents is 1. The normalized spacial score (nSPS) is 11.4. The average molecular weight is 565 g/mol. The zero-order chi connectivity index (χ0) is 28.0. The van der Waals surface area contributed by atoms with Crippen molar-refractivity contribution in [1.29, 1.82) is 0 Å². The number of hydrogen-bond donors (Lipinski definition) is 1. The molecule has 1 N–H and O–H groups in total. The van der Waals surface area contributed by atoms with Gasteiger partial charge < -0.3 is 4.42 Å². The summed E-state index contributed by atoms with van der Waals surface area (Å²) in [5.41, 5.74) is 4.22. The van der Waals surface area contributed by atoms with E-state index in [4.69, 9.17) is 4.42 Å². The van der Waals surface area contributed by atoms with Gasteiger partial charge in [-0.15, -0.1) is 11.8 Å². The lowest BCUT2D eigenvalue weighted by Crippen LogP contribution is -2.39. The molecule has 3 aromatic carbocycles. The number of sulfonamides is 1. The van der Waals surface area contributed by atoms with Crippen LogP contribution in [-0.2, 0) is 14.8 Å². The van der Waals surface area contributed by atoms with Gasteiger partial charge in [-0.1, -0.05) is 17.7 Å². The number of thioether (sulfide) groups is 1. The number of nitro groups is 1. The smallest absolute Gasteiger partial charge is 0.269 e. The van der Waals surface area contributed by atoms with E-state index in [1.807, 2.05) is 13.2 Å². The Hall–Kier alpha value is -4.42. The maximum Gasteiger partial charge on any atom is 0.269 e. The molecular formula is C27H24N4O6S2. The van der Waals surface area contributed by atoms with Gasteiger partial charge in [-0.2, -0.15) is 5.10 Å². The van der Waals surface area contributed by atoms with Crippen molar-refractivity contribution in [2.24, 2.45) is 5.10 Å². The summed E-state index contributed by atoms with van der Waals surface area (Å²) in [5, 5.41) is 14.7. The molecule has 0 atom stereocenters. The van der Waals surface area contributed by atoms with Crippen molar-refractivity contribution < 1.29 is 22.6 Å². The zero-order valence-corrected chi connectivity index (χ0v) is 22.6. The molecule has 4 aromatic rings. The minimum atomic E-state index is -4.05. The number of carbonyl (C=O) groups is 1. The van der Waals surface area contributed by atoms with Gasteiger partial charge in [0.25, 0.3) is 21.6 Å². The second-order valence-electron chi connectivity index (χ2n) is 8.32. The first-order valence-electron chi connectivity index (χ1n) is 11.6. The summed E-state index contributed by atoms with van der Waals surface area (Å²) >= 11 is 1.49. The SMILES string of the molecule is CSc1ccc(S(=O)(=O)N(CC(=O)N/N=C\c2ccc(-c3ccc([N+](=O)[O-])cc3)o2)c2ccc(C)cc2)cc1. The van der Waals surface area contributed by atoms with Crippen LogP contribution in [0.3, 0.4) is 0 Å². The van der Waals surface area contributed by atoms with E-state index in [9.17, 15) is 23.3 Å². The van der Waals surface area contributed by atoms with Gasteiger partial charge in [-0.05, 0) is 73.8 Å². The third kappa shape index (κ3) is 6.72. The molecule has 10 nitrogen and oxygen atoms in total. The van der Waals surface area contributed by atoms with Gasteiger partial charge in [0, 0.05) is 22.6 Å². The number of benzene rings is 3. The van der Waals surface area contributed by atoms with Crippen LogP contribution in [0.1, 0.15) is 11.3 Å². The lowest BCUT2D eigenvalue weighted by atomic mass is 10.1. The molecule has 0 saturated carbocycles. The number of furan rings is 1. The van der Waals surface area contributed by atoms with Crippen LogP contribution in [0, 0.1) is 17.0 Å². The van der Waals surface area contributed by atoms with Crippen molar-refractivity contribution in [2.75, 3.05) is 17.1 Å².